The fraction of sp³-hybridized carbons (Fsp3) is 0.357. The van der Waals surface area contributed by atoms with Crippen molar-refractivity contribution in [1.82, 2.24) is 0 Å². The van der Waals surface area contributed by atoms with E-state index in [4.69, 9.17) is 18.9 Å². The van der Waals surface area contributed by atoms with Crippen LogP contribution >= 0.6 is 0 Å². The van der Waals surface area contributed by atoms with Crippen LogP contribution in [0.2, 0.25) is 0 Å². The van der Waals surface area contributed by atoms with E-state index in [1.807, 2.05) is 0 Å². The highest BCUT2D eigenvalue weighted by Gasteiger charge is 2.23. The zero-order valence-corrected chi connectivity index (χ0v) is 20.8. The largest absolute Gasteiger partial charge is 0.465 e. The van der Waals surface area contributed by atoms with Gasteiger partial charge in [0.2, 0.25) is 0 Å². The first-order valence-corrected chi connectivity index (χ1v) is 13.8. The van der Waals surface area contributed by atoms with Gasteiger partial charge >= 0.3 is 0 Å². The summed E-state index contributed by atoms with van der Waals surface area (Å²) in [7, 11) is -4.53. The van der Waals surface area contributed by atoms with Crippen molar-refractivity contribution in [3.05, 3.63) is 66.7 Å². The molecule has 0 aliphatic carbocycles. The van der Waals surface area contributed by atoms with E-state index in [0.717, 1.165) is 38.5 Å². The molecule has 2 saturated heterocycles. The van der Waals surface area contributed by atoms with E-state index in [9.17, 15) is 13.0 Å². The van der Waals surface area contributed by atoms with Crippen LogP contribution in [0.5, 0.6) is 11.5 Å². The molecule has 0 spiro atoms. The second kappa shape index (κ2) is 11.0. The lowest BCUT2D eigenvalue weighted by atomic mass is 9.98. The first-order valence-electron chi connectivity index (χ1n) is 12.4. The van der Waals surface area contributed by atoms with Crippen LogP contribution in [0, 0.1) is 0 Å². The highest BCUT2D eigenvalue weighted by molar-refractivity contribution is 7.86. The summed E-state index contributed by atoms with van der Waals surface area (Å²) in [6.07, 6.45) is 5.36. The van der Waals surface area contributed by atoms with Gasteiger partial charge in [0, 0.05) is 24.0 Å². The van der Waals surface area contributed by atoms with E-state index in [0.29, 0.717) is 47.0 Å². The standard InChI is InChI=1S/C28H30O7S/c29-36(30,31)28-24(20-10-14-22(15-11-20)34-26-8-1-3-18-32-26)6-5-7-25(28)21-12-16-23(17-13-21)35-27-9-2-4-19-33-27/h5-7,10-17,26-27H,1-4,8-9,18-19H2,(H,29,30,31). The molecule has 36 heavy (non-hydrogen) atoms. The van der Waals surface area contributed by atoms with E-state index in [2.05, 4.69) is 0 Å². The van der Waals surface area contributed by atoms with Gasteiger partial charge in [-0.2, -0.15) is 8.42 Å². The lowest BCUT2D eigenvalue weighted by molar-refractivity contribution is -0.106. The maximum atomic E-state index is 12.6. The van der Waals surface area contributed by atoms with Crippen molar-refractivity contribution in [1.29, 1.82) is 0 Å². The highest BCUT2D eigenvalue weighted by atomic mass is 32.2. The maximum Gasteiger partial charge on any atom is 0.295 e. The summed E-state index contributed by atoms with van der Waals surface area (Å²) in [6.45, 7) is 1.38. The first kappa shape index (κ1) is 24.8. The second-order valence-corrected chi connectivity index (χ2v) is 10.4. The number of rotatable bonds is 7. The minimum absolute atomic E-state index is 0.140. The molecule has 5 rings (SSSR count). The molecule has 2 aliphatic rings. The van der Waals surface area contributed by atoms with Crippen LogP contribution < -0.4 is 9.47 Å². The first-order chi connectivity index (χ1) is 17.5. The van der Waals surface area contributed by atoms with Crippen molar-refractivity contribution in [3.8, 4) is 33.8 Å². The Hall–Kier alpha value is -2.91. The summed E-state index contributed by atoms with van der Waals surface area (Å²) in [5.74, 6) is 1.29. The van der Waals surface area contributed by atoms with E-state index in [-0.39, 0.29) is 17.5 Å². The molecule has 2 aliphatic heterocycles. The van der Waals surface area contributed by atoms with Gasteiger partial charge in [-0.1, -0.05) is 42.5 Å². The zero-order valence-electron chi connectivity index (χ0n) is 20.0. The van der Waals surface area contributed by atoms with Gasteiger partial charge in [-0.15, -0.1) is 0 Å². The minimum Gasteiger partial charge on any atom is -0.465 e. The lowest BCUT2D eigenvalue weighted by Crippen LogP contribution is -2.24. The van der Waals surface area contributed by atoms with Crippen LogP contribution in [0.1, 0.15) is 38.5 Å². The van der Waals surface area contributed by atoms with Crippen molar-refractivity contribution in [2.75, 3.05) is 13.2 Å². The minimum atomic E-state index is -4.53. The quantitative estimate of drug-likeness (QED) is 0.385. The number of hydrogen-bond donors (Lipinski definition) is 1. The third-order valence-corrected chi connectivity index (χ3v) is 7.37. The molecule has 8 heteroatoms. The Morgan fingerprint density at radius 1 is 0.667 bits per heavy atom. The summed E-state index contributed by atoms with van der Waals surface area (Å²) in [5.41, 5.74) is 2.12. The second-order valence-electron chi connectivity index (χ2n) is 9.03. The Morgan fingerprint density at radius 2 is 1.11 bits per heavy atom. The summed E-state index contributed by atoms with van der Waals surface area (Å²) >= 11 is 0. The highest BCUT2D eigenvalue weighted by Crippen LogP contribution is 2.37. The number of hydrogen-bond acceptors (Lipinski definition) is 6. The van der Waals surface area contributed by atoms with Crippen molar-refractivity contribution < 1.29 is 31.9 Å². The van der Waals surface area contributed by atoms with Crippen LogP contribution in [0.15, 0.2) is 71.6 Å². The Labute approximate surface area is 211 Å². The van der Waals surface area contributed by atoms with E-state index >= 15 is 0 Å². The monoisotopic (exact) mass is 510 g/mol. The van der Waals surface area contributed by atoms with E-state index in [1.165, 1.54) is 0 Å². The zero-order chi connectivity index (χ0) is 25.0. The van der Waals surface area contributed by atoms with Gasteiger partial charge in [0.1, 0.15) is 16.4 Å². The van der Waals surface area contributed by atoms with E-state index < -0.39 is 10.1 Å². The summed E-state index contributed by atoms with van der Waals surface area (Å²) < 4.78 is 58.3. The van der Waals surface area contributed by atoms with Crippen LogP contribution in [0.4, 0.5) is 0 Å². The molecule has 3 aromatic rings. The third-order valence-electron chi connectivity index (χ3n) is 6.41. The molecule has 2 unspecified atom stereocenters. The van der Waals surface area contributed by atoms with Gasteiger partial charge in [0.15, 0.2) is 12.6 Å². The van der Waals surface area contributed by atoms with Gasteiger partial charge in [-0.25, -0.2) is 0 Å². The smallest absolute Gasteiger partial charge is 0.295 e. The summed E-state index contributed by atoms with van der Waals surface area (Å²) in [6, 6.07) is 19.4. The Bertz CT molecular complexity index is 1180. The number of benzene rings is 3. The fourth-order valence-corrected chi connectivity index (χ4v) is 5.54. The normalized spacial score (nSPS) is 20.6. The average Bonchev–Trinajstić information content (AvgIpc) is 2.90. The average molecular weight is 511 g/mol. The van der Waals surface area contributed by atoms with E-state index in [1.54, 1.807) is 66.7 Å². The molecule has 2 atom stereocenters. The summed E-state index contributed by atoms with van der Waals surface area (Å²) in [4.78, 5) is -0.140. The van der Waals surface area contributed by atoms with Crippen molar-refractivity contribution in [2.24, 2.45) is 0 Å². The predicted octanol–water partition coefficient (Wildman–Crippen LogP) is 6.08. The molecule has 0 bridgehead atoms. The third kappa shape index (κ3) is 5.90. The molecule has 7 nitrogen and oxygen atoms in total. The van der Waals surface area contributed by atoms with Gasteiger partial charge < -0.3 is 18.9 Å². The Kier molecular flexibility index (Phi) is 7.57. The van der Waals surface area contributed by atoms with Crippen LogP contribution in [0.25, 0.3) is 22.3 Å². The molecule has 190 valence electrons. The molecular weight excluding hydrogens is 480 g/mol. The lowest BCUT2D eigenvalue weighted by Gasteiger charge is -2.23. The fourth-order valence-electron chi connectivity index (χ4n) is 4.61. The molecule has 0 saturated carbocycles. The summed E-state index contributed by atoms with van der Waals surface area (Å²) in [5, 5.41) is 0. The molecule has 0 radical (unpaired) electrons. The predicted molar refractivity (Wildman–Crippen MR) is 136 cm³/mol. The molecular formula is C28H30O7S. The molecule has 1 N–H and O–H groups in total. The van der Waals surface area contributed by atoms with Crippen LogP contribution in [0.3, 0.4) is 0 Å². The van der Waals surface area contributed by atoms with Crippen molar-refractivity contribution >= 4 is 10.1 Å². The maximum absolute atomic E-state index is 12.6. The Balaban J connectivity index is 1.41. The molecule has 2 fully saturated rings. The van der Waals surface area contributed by atoms with Crippen LogP contribution in [-0.4, -0.2) is 38.8 Å². The van der Waals surface area contributed by atoms with Gasteiger partial charge in [0.05, 0.1) is 13.2 Å². The van der Waals surface area contributed by atoms with Crippen LogP contribution in [-0.2, 0) is 19.6 Å². The van der Waals surface area contributed by atoms with Gasteiger partial charge in [-0.3, -0.25) is 4.55 Å². The SMILES string of the molecule is O=S(=O)(O)c1c(-c2ccc(OC3CCCCO3)cc2)cccc1-c1ccc(OC2CCCCO2)cc1. The van der Waals surface area contributed by atoms with Crippen molar-refractivity contribution in [2.45, 2.75) is 56.0 Å². The molecule has 2 heterocycles. The Morgan fingerprint density at radius 3 is 1.47 bits per heavy atom. The van der Waals surface area contributed by atoms with Crippen molar-refractivity contribution in [3.63, 3.8) is 0 Å². The molecule has 0 amide bonds. The topological polar surface area (TPSA) is 91.3 Å². The molecule has 3 aromatic carbocycles. The van der Waals surface area contributed by atoms with Gasteiger partial charge in [0.25, 0.3) is 10.1 Å². The number of ether oxygens (including phenoxy) is 4. The molecule has 0 aromatic heterocycles. The van der Waals surface area contributed by atoms with Gasteiger partial charge in [-0.05, 0) is 61.1 Å².